The predicted molar refractivity (Wildman–Crippen MR) is 58.4 cm³/mol. The lowest BCUT2D eigenvalue weighted by Crippen LogP contribution is -2.41. The maximum Gasteiger partial charge on any atom is 0.335 e. The molecule has 0 aromatic carbocycles. The molecule has 17 heavy (non-hydrogen) atoms. The molecule has 1 saturated carbocycles. The monoisotopic (exact) mass is 240 g/mol. The topological polar surface area (TPSA) is 87.7 Å². The number of hydrogen-bond acceptors (Lipinski definition) is 5. The highest BCUT2D eigenvalue weighted by Crippen LogP contribution is 2.39. The van der Waals surface area contributed by atoms with Crippen LogP contribution in [0.2, 0.25) is 0 Å². The van der Waals surface area contributed by atoms with E-state index in [1.54, 1.807) is 6.08 Å². The first-order chi connectivity index (χ1) is 8.11. The van der Waals surface area contributed by atoms with Crippen molar-refractivity contribution in [2.24, 2.45) is 11.8 Å². The summed E-state index contributed by atoms with van der Waals surface area (Å²) in [6.45, 7) is 3.97. The van der Waals surface area contributed by atoms with Gasteiger partial charge in [-0.2, -0.15) is 5.48 Å². The first kappa shape index (κ1) is 12.1. The van der Waals surface area contributed by atoms with Gasteiger partial charge in [0.05, 0.1) is 18.1 Å². The Hall–Kier alpha value is -1.40. The molecule has 0 aromatic heterocycles. The van der Waals surface area contributed by atoms with Crippen molar-refractivity contribution in [3.8, 4) is 0 Å². The number of aliphatic hydroxyl groups excluding tert-OH is 1. The van der Waals surface area contributed by atoms with E-state index < -0.39 is 24.0 Å². The zero-order valence-corrected chi connectivity index (χ0v) is 9.39. The van der Waals surface area contributed by atoms with Gasteiger partial charge in [0.1, 0.15) is 0 Å². The Bertz CT molecular complexity index is 344. The molecule has 0 bridgehead atoms. The molecule has 4 atom stereocenters. The standard InChI is InChI=1S/C11H16N2O4/c1-2-6-3-8(6)11(16)17-13-10(15)9-4-7(14)5-12-9/h2,6-9,12,14H,1,3-5H2,(H,13,15)/t6-,7-,8-,9+/m1/s1. The maximum atomic E-state index is 11.5. The molecule has 0 spiro atoms. The van der Waals surface area contributed by atoms with Gasteiger partial charge in [-0.3, -0.25) is 4.79 Å². The number of aliphatic hydroxyl groups is 1. The lowest BCUT2D eigenvalue weighted by Gasteiger charge is -2.10. The van der Waals surface area contributed by atoms with Crippen molar-refractivity contribution >= 4 is 11.9 Å². The van der Waals surface area contributed by atoms with Crippen LogP contribution < -0.4 is 10.8 Å². The van der Waals surface area contributed by atoms with Crippen LogP contribution in [0.25, 0.3) is 0 Å². The lowest BCUT2D eigenvalue weighted by molar-refractivity contribution is -0.160. The predicted octanol–water partition coefficient (Wildman–Crippen LogP) is -0.894. The average molecular weight is 240 g/mol. The summed E-state index contributed by atoms with van der Waals surface area (Å²) in [5.74, 6) is -0.853. The molecule has 0 radical (unpaired) electrons. The van der Waals surface area contributed by atoms with Crippen LogP contribution in [0.4, 0.5) is 0 Å². The minimum atomic E-state index is -0.518. The van der Waals surface area contributed by atoms with Gasteiger partial charge < -0.3 is 15.3 Å². The van der Waals surface area contributed by atoms with E-state index in [9.17, 15) is 14.7 Å². The van der Waals surface area contributed by atoms with Crippen LogP contribution in [-0.4, -0.2) is 35.7 Å². The van der Waals surface area contributed by atoms with Crippen LogP contribution >= 0.6 is 0 Å². The third-order valence-corrected chi connectivity index (χ3v) is 3.12. The molecule has 1 aliphatic carbocycles. The number of allylic oxidation sites excluding steroid dienone is 1. The molecule has 0 unspecified atom stereocenters. The zero-order valence-electron chi connectivity index (χ0n) is 9.39. The van der Waals surface area contributed by atoms with Gasteiger partial charge >= 0.3 is 5.97 Å². The summed E-state index contributed by atoms with van der Waals surface area (Å²) in [5.41, 5.74) is 2.11. The number of hydroxylamine groups is 1. The van der Waals surface area contributed by atoms with Crippen molar-refractivity contribution in [3.05, 3.63) is 12.7 Å². The molecule has 1 aliphatic heterocycles. The fourth-order valence-corrected chi connectivity index (χ4v) is 1.91. The largest absolute Gasteiger partial charge is 0.392 e. The van der Waals surface area contributed by atoms with E-state index >= 15 is 0 Å². The number of rotatable bonds is 3. The van der Waals surface area contributed by atoms with E-state index in [2.05, 4.69) is 17.4 Å². The average Bonchev–Trinajstić information content (AvgIpc) is 3.00. The second-order valence-electron chi connectivity index (χ2n) is 4.48. The van der Waals surface area contributed by atoms with Crippen molar-refractivity contribution in [3.63, 3.8) is 0 Å². The number of β-amino-alcohol motifs (C(OH)–C–C–N with tert-alkyl or cyclic N) is 1. The Kier molecular flexibility index (Phi) is 3.44. The molecule has 3 N–H and O–H groups in total. The van der Waals surface area contributed by atoms with Crippen molar-refractivity contribution in [1.82, 2.24) is 10.8 Å². The van der Waals surface area contributed by atoms with E-state index in [-0.39, 0.29) is 11.8 Å². The van der Waals surface area contributed by atoms with E-state index in [4.69, 9.17) is 4.84 Å². The van der Waals surface area contributed by atoms with Gasteiger partial charge in [0, 0.05) is 6.54 Å². The molecule has 6 heteroatoms. The number of amides is 1. The number of carbonyl (C=O) groups excluding carboxylic acids is 2. The quantitative estimate of drug-likeness (QED) is 0.440. The van der Waals surface area contributed by atoms with Gasteiger partial charge in [-0.15, -0.1) is 6.58 Å². The van der Waals surface area contributed by atoms with E-state index in [1.807, 2.05) is 0 Å². The highest BCUT2D eigenvalue weighted by molar-refractivity contribution is 5.84. The highest BCUT2D eigenvalue weighted by atomic mass is 16.7. The number of nitrogens with one attached hydrogen (secondary N) is 2. The molecule has 0 aromatic rings. The SMILES string of the molecule is C=C[C@@H]1C[C@H]1C(=O)ONC(=O)[C@@H]1C[C@@H](O)CN1. The first-order valence-electron chi connectivity index (χ1n) is 5.66. The van der Waals surface area contributed by atoms with Crippen LogP contribution in [0, 0.1) is 11.8 Å². The molecule has 1 amide bonds. The number of hydrogen-bond donors (Lipinski definition) is 3. The summed E-state index contributed by atoms with van der Waals surface area (Å²) in [5, 5.41) is 12.1. The smallest absolute Gasteiger partial charge is 0.335 e. The molecule has 2 aliphatic rings. The fourth-order valence-electron chi connectivity index (χ4n) is 1.91. The van der Waals surface area contributed by atoms with Crippen molar-refractivity contribution in [2.75, 3.05) is 6.54 Å². The Labute approximate surface area is 99.0 Å². The third-order valence-electron chi connectivity index (χ3n) is 3.12. The lowest BCUT2D eigenvalue weighted by atomic mass is 10.2. The van der Waals surface area contributed by atoms with Crippen LogP contribution in [0.1, 0.15) is 12.8 Å². The summed E-state index contributed by atoms with van der Waals surface area (Å²) in [4.78, 5) is 27.6. The highest BCUT2D eigenvalue weighted by Gasteiger charge is 2.42. The molecule has 1 heterocycles. The van der Waals surface area contributed by atoms with Crippen molar-refractivity contribution in [1.29, 1.82) is 0 Å². The molecular weight excluding hydrogens is 224 g/mol. The molecule has 2 fully saturated rings. The second kappa shape index (κ2) is 4.85. The zero-order chi connectivity index (χ0) is 12.4. The maximum absolute atomic E-state index is 11.5. The van der Waals surface area contributed by atoms with E-state index in [0.29, 0.717) is 13.0 Å². The Morgan fingerprint density at radius 1 is 1.47 bits per heavy atom. The van der Waals surface area contributed by atoms with Crippen LogP contribution in [-0.2, 0) is 14.4 Å². The van der Waals surface area contributed by atoms with Gasteiger partial charge in [-0.25, -0.2) is 4.79 Å². The third kappa shape index (κ3) is 2.83. The second-order valence-corrected chi connectivity index (χ2v) is 4.48. The van der Waals surface area contributed by atoms with Crippen molar-refractivity contribution in [2.45, 2.75) is 25.0 Å². The van der Waals surface area contributed by atoms with Crippen LogP contribution in [0.15, 0.2) is 12.7 Å². The molecule has 6 nitrogen and oxygen atoms in total. The summed E-state index contributed by atoms with van der Waals surface area (Å²) in [6.07, 6.45) is 2.26. The summed E-state index contributed by atoms with van der Waals surface area (Å²) in [7, 11) is 0. The summed E-state index contributed by atoms with van der Waals surface area (Å²) < 4.78 is 0. The van der Waals surface area contributed by atoms with E-state index in [1.165, 1.54) is 0 Å². The van der Waals surface area contributed by atoms with Gasteiger partial charge in [-0.05, 0) is 18.8 Å². The van der Waals surface area contributed by atoms with Gasteiger partial charge in [-0.1, -0.05) is 6.08 Å². The van der Waals surface area contributed by atoms with Gasteiger partial charge in [0.15, 0.2) is 0 Å². The van der Waals surface area contributed by atoms with Gasteiger partial charge in [0.25, 0.3) is 5.91 Å². The molecule has 1 saturated heterocycles. The van der Waals surface area contributed by atoms with Gasteiger partial charge in [0.2, 0.25) is 0 Å². The van der Waals surface area contributed by atoms with E-state index in [0.717, 1.165) is 6.42 Å². The fraction of sp³-hybridized carbons (Fsp3) is 0.636. The molecule has 2 rings (SSSR count). The molecule has 94 valence electrons. The normalized spacial score (nSPS) is 35.1. The minimum absolute atomic E-state index is 0.171. The number of carbonyl (C=O) groups is 2. The molecular formula is C11H16N2O4. The summed E-state index contributed by atoms with van der Waals surface area (Å²) in [6, 6.07) is -0.493. The Morgan fingerprint density at radius 3 is 2.76 bits per heavy atom. The van der Waals surface area contributed by atoms with Crippen LogP contribution in [0.5, 0.6) is 0 Å². The first-order valence-corrected chi connectivity index (χ1v) is 5.66. The minimum Gasteiger partial charge on any atom is -0.392 e. The van der Waals surface area contributed by atoms with Crippen LogP contribution in [0.3, 0.4) is 0 Å². The van der Waals surface area contributed by atoms with Crippen molar-refractivity contribution < 1.29 is 19.5 Å². The summed E-state index contributed by atoms with van der Waals surface area (Å²) >= 11 is 0. The Balaban J connectivity index is 1.69. The Morgan fingerprint density at radius 2 is 2.24 bits per heavy atom.